The van der Waals surface area contributed by atoms with E-state index in [1.165, 1.54) is 15.6 Å². The molecule has 2 saturated heterocycles. The lowest BCUT2D eigenvalue weighted by atomic mass is 10.0. The fraction of sp³-hybridized carbons (Fsp3) is 0.700. The van der Waals surface area contributed by atoms with Gasteiger partial charge in [0.15, 0.2) is 0 Å². The van der Waals surface area contributed by atoms with E-state index in [4.69, 9.17) is 0 Å². The normalized spacial score (nSPS) is 19.1. The Bertz CT molecular complexity index is 826. The number of sulfonamides is 1. The van der Waals surface area contributed by atoms with Crippen LogP contribution in [0.3, 0.4) is 0 Å². The third-order valence-corrected chi connectivity index (χ3v) is 8.97. The van der Waals surface area contributed by atoms with Crippen LogP contribution in [0.5, 0.6) is 0 Å². The molecule has 0 atom stereocenters. The lowest BCUT2D eigenvalue weighted by Gasteiger charge is -2.31. The standard InChI is InChI=1S/C20H32N4O4S2/c1-2-9-21-19(26)15-23-12-7-16(8-13-23)22-18(25)14-17-5-6-20(29-17)30(27,28)24-10-3-4-11-24/h5-6,16H,2-4,7-15H2,1H3,(H,21,26)(H,22,25). The van der Waals surface area contributed by atoms with E-state index in [1.807, 2.05) is 6.92 Å². The first-order valence-electron chi connectivity index (χ1n) is 10.8. The average molecular weight is 457 g/mol. The van der Waals surface area contributed by atoms with E-state index in [1.54, 1.807) is 12.1 Å². The SMILES string of the molecule is CCCNC(=O)CN1CCC(NC(=O)Cc2ccc(S(=O)(=O)N3CCCC3)s2)CC1. The highest BCUT2D eigenvalue weighted by Crippen LogP contribution is 2.27. The van der Waals surface area contributed by atoms with Crippen LogP contribution < -0.4 is 10.6 Å². The fourth-order valence-corrected chi connectivity index (χ4v) is 6.87. The summed E-state index contributed by atoms with van der Waals surface area (Å²) in [6.45, 7) is 5.85. The Morgan fingerprint density at radius 3 is 2.47 bits per heavy atom. The summed E-state index contributed by atoms with van der Waals surface area (Å²) in [5.41, 5.74) is 0. The maximum absolute atomic E-state index is 12.6. The summed E-state index contributed by atoms with van der Waals surface area (Å²) in [5.74, 6) is -0.0298. The van der Waals surface area contributed by atoms with Crippen LogP contribution in [0, 0.1) is 0 Å². The first-order chi connectivity index (χ1) is 14.4. The quantitative estimate of drug-likeness (QED) is 0.581. The number of hydrogen-bond acceptors (Lipinski definition) is 6. The zero-order chi connectivity index (χ0) is 21.6. The van der Waals surface area contributed by atoms with Gasteiger partial charge in [0.25, 0.3) is 10.0 Å². The maximum atomic E-state index is 12.6. The molecule has 1 aromatic rings. The first-order valence-corrected chi connectivity index (χ1v) is 13.0. The monoisotopic (exact) mass is 456 g/mol. The molecular weight excluding hydrogens is 424 g/mol. The zero-order valence-electron chi connectivity index (χ0n) is 17.6. The van der Waals surface area contributed by atoms with Crippen molar-refractivity contribution in [2.45, 2.75) is 55.7 Å². The maximum Gasteiger partial charge on any atom is 0.252 e. The predicted molar refractivity (Wildman–Crippen MR) is 117 cm³/mol. The van der Waals surface area contributed by atoms with Crippen molar-refractivity contribution in [3.8, 4) is 0 Å². The number of amides is 2. The van der Waals surface area contributed by atoms with E-state index >= 15 is 0 Å². The second-order valence-corrected chi connectivity index (χ2v) is 11.3. The van der Waals surface area contributed by atoms with Gasteiger partial charge in [-0.25, -0.2) is 8.42 Å². The Hall–Kier alpha value is -1.49. The molecule has 2 fully saturated rings. The van der Waals surface area contributed by atoms with Crippen LogP contribution in [-0.4, -0.2) is 74.7 Å². The molecule has 2 N–H and O–H groups in total. The summed E-state index contributed by atoms with van der Waals surface area (Å²) >= 11 is 1.19. The first kappa shape index (κ1) is 23.2. The molecule has 3 heterocycles. The van der Waals surface area contributed by atoms with Crippen LogP contribution in [0.25, 0.3) is 0 Å². The van der Waals surface area contributed by atoms with Crippen molar-refractivity contribution in [2.75, 3.05) is 39.3 Å². The van der Waals surface area contributed by atoms with Crippen LogP contribution in [0.15, 0.2) is 16.3 Å². The molecule has 2 aliphatic rings. The van der Waals surface area contributed by atoms with Gasteiger partial charge in [0.05, 0.1) is 13.0 Å². The number of thiophene rings is 1. The molecule has 0 unspecified atom stereocenters. The lowest BCUT2D eigenvalue weighted by Crippen LogP contribution is -2.47. The molecule has 2 amide bonds. The van der Waals surface area contributed by atoms with Gasteiger partial charge in [-0.1, -0.05) is 6.92 Å². The van der Waals surface area contributed by atoms with Crippen molar-refractivity contribution in [2.24, 2.45) is 0 Å². The molecule has 1 aromatic heterocycles. The summed E-state index contributed by atoms with van der Waals surface area (Å²) < 4.78 is 27.1. The highest BCUT2D eigenvalue weighted by atomic mass is 32.2. The molecule has 3 rings (SSSR count). The van der Waals surface area contributed by atoms with Gasteiger partial charge < -0.3 is 10.6 Å². The molecule has 0 radical (unpaired) electrons. The molecule has 0 bridgehead atoms. The Balaban J connectivity index is 1.42. The third-order valence-electron chi connectivity index (χ3n) is 5.52. The number of nitrogens with zero attached hydrogens (tertiary/aromatic N) is 2. The molecule has 30 heavy (non-hydrogen) atoms. The Labute approximate surface area is 183 Å². The Kier molecular flexibility index (Phi) is 8.27. The van der Waals surface area contributed by atoms with Gasteiger partial charge in [0, 0.05) is 43.6 Å². The summed E-state index contributed by atoms with van der Waals surface area (Å²) in [4.78, 5) is 27.1. The minimum absolute atomic E-state index is 0.0525. The van der Waals surface area contributed by atoms with Crippen molar-refractivity contribution in [3.63, 3.8) is 0 Å². The third kappa shape index (κ3) is 6.26. The van der Waals surface area contributed by atoms with E-state index in [9.17, 15) is 18.0 Å². The Morgan fingerprint density at radius 1 is 1.10 bits per heavy atom. The molecule has 10 heteroatoms. The number of hydrogen-bond donors (Lipinski definition) is 2. The molecule has 0 saturated carbocycles. The zero-order valence-corrected chi connectivity index (χ0v) is 19.2. The molecule has 2 aliphatic heterocycles. The van der Waals surface area contributed by atoms with Crippen LogP contribution in [0.1, 0.15) is 43.9 Å². The van der Waals surface area contributed by atoms with E-state index in [-0.39, 0.29) is 24.3 Å². The average Bonchev–Trinajstić information content (AvgIpc) is 3.40. The van der Waals surface area contributed by atoms with Gasteiger partial charge in [-0.2, -0.15) is 4.31 Å². The summed E-state index contributed by atoms with van der Waals surface area (Å²) in [6.07, 6.45) is 4.55. The van der Waals surface area contributed by atoms with Gasteiger partial charge in [-0.15, -0.1) is 11.3 Å². The van der Waals surface area contributed by atoms with Gasteiger partial charge in [0.2, 0.25) is 11.8 Å². The Morgan fingerprint density at radius 2 is 1.80 bits per heavy atom. The largest absolute Gasteiger partial charge is 0.355 e. The van der Waals surface area contributed by atoms with Gasteiger partial charge in [-0.3, -0.25) is 14.5 Å². The number of nitrogens with one attached hydrogen (secondary N) is 2. The minimum Gasteiger partial charge on any atom is -0.355 e. The topological polar surface area (TPSA) is 98.8 Å². The minimum atomic E-state index is -3.42. The highest BCUT2D eigenvalue weighted by molar-refractivity contribution is 7.91. The summed E-state index contributed by atoms with van der Waals surface area (Å²) in [6, 6.07) is 3.45. The number of likely N-dealkylation sites (tertiary alicyclic amines) is 1. The second kappa shape index (κ2) is 10.7. The number of piperidine rings is 1. The van der Waals surface area contributed by atoms with E-state index in [0.29, 0.717) is 30.4 Å². The van der Waals surface area contributed by atoms with Crippen LogP contribution in [-0.2, 0) is 26.0 Å². The predicted octanol–water partition coefficient (Wildman–Crippen LogP) is 1.18. The van der Waals surface area contributed by atoms with Crippen LogP contribution >= 0.6 is 11.3 Å². The van der Waals surface area contributed by atoms with E-state index < -0.39 is 10.0 Å². The number of carbonyl (C=O) groups is 2. The lowest BCUT2D eigenvalue weighted by molar-refractivity contribution is -0.124. The molecule has 0 aliphatic carbocycles. The number of carbonyl (C=O) groups excluding carboxylic acids is 2. The molecular formula is C20H32N4O4S2. The smallest absolute Gasteiger partial charge is 0.252 e. The summed E-state index contributed by atoms with van der Waals surface area (Å²) in [7, 11) is -3.42. The van der Waals surface area contributed by atoms with Gasteiger partial charge >= 0.3 is 0 Å². The summed E-state index contributed by atoms with van der Waals surface area (Å²) in [5, 5.41) is 5.94. The molecule has 8 nitrogen and oxygen atoms in total. The van der Waals surface area contributed by atoms with Crippen molar-refractivity contribution < 1.29 is 18.0 Å². The number of rotatable bonds is 9. The molecule has 168 valence electrons. The van der Waals surface area contributed by atoms with Crippen molar-refractivity contribution >= 4 is 33.2 Å². The van der Waals surface area contributed by atoms with Gasteiger partial charge in [-0.05, 0) is 44.2 Å². The molecule has 0 aromatic carbocycles. The fourth-order valence-electron chi connectivity index (χ4n) is 3.84. The van der Waals surface area contributed by atoms with E-state index in [2.05, 4.69) is 15.5 Å². The van der Waals surface area contributed by atoms with Crippen molar-refractivity contribution in [3.05, 3.63) is 17.0 Å². The van der Waals surface area contributed by atoms with Crippen LogP contribution in [0.2, 0.25) is 0 Å². The highest BCUT2D eigenvalue weighted by Gasteiger charge is 2.29. The van der Waals surface area contributed by atoms with E-state index in [0.717, 1.165) is 50.1 Å². The van der Waals surface area contributed by atoms with Crippen LogP contribution in [0.4, 0.5) is 0 Å². The van der Waals surface area contributed by atoms with Gasteiger partial charge in [0.1, 0.15) is 4.21 Å². The van der Waals surface area contributed by atoms with Crippen molar-refractivity contribution in [1.82, 2.24) is 19.8 Å². The van der Waals surface area contributed by atoms with Crippen molar-refractivity contribution in [1.29, 1.82) is 0 Å². The molecule has 0 spiro atoms. The second-order valence-electron chi connectivity index (χ2n) is 7.98.